The lowest BCUT2D eigenvalue weighted by Crippen LogP contribution is -2.22. The van der Waals surface area contributed by atoms with Crippen molar-refractivity contribution in [2.24, 2.45) is 0 Å². The average Bonchev–Trinajstić information content (AvgIpc) is 3.04. The van der Waals surface area contributed by atoms with E-state index in [1.807, 2.05) is 0 Å². The van der Waals surface area contributed by atoms with Crippen LogP contribution in [0, 0.1) is 10.1 Å². The third-order valence-corrected chi connectivity index (χ3v) is 4.83. The van der Waals surface area contributed by atoms with Gasteiger partial charge >= 0.3 is 0 Å². The number of thiazole rings is 1. The van der Waals surface area contributed by atoms with Gasteiger partial charge in [-0.1, -0.05) is 23.5 Å². The van der Waals surface area contributed by atoms with Crippen molar-refractivity contribution in [3.05, 3.63) is 71.6 Å². The molecule has 0 spiro atoms. The predicted molar refractivity (Wildman–Crippen MR) is 94.2 cm³/mol. The molecule has 24 heavy (non-hydrogen) atoms. The van der Waals surface area contributed by atoms with Gasteiger partial charge in [0.1, 0.15) is 5.52 Å². The van der Waals surface area contributed by atoms with Crippen molar-refractivity contribution in [1.29, 1.82) is 0 Å². The van der Waals surface area contributed by atoms with Gasteiger partial charge in [0.15, 0.2) is 10.6 Å². The maximum absolute atomic E-state index is 12.6. The van der Waals surface area contributed by atoms with E-state index in [4.69, 9.17) is 0 Å². The van der Waals surface area contributed by atoms with Crippen molar-refractivity contribution in [2.45, 2.75) is 0 Å². The van der Waals surface area contributed by atoms with Gasteiger partial charge < -0.3 is 0 Å². The summed E-state index contributed by atoms with van der Waals surface area (Å²) in [6.07, 6.45) is 3.23. The molecular weight excluding hydrogens is 396 g/mol. The molecule has 0 unspecified atom stereocenters. The highest BCUT2D eigenvalue weighted by atomic mass is 79.9. The lowest BCUT2D eigenvalue weighted by atomic mass is 10.2. The molecule has 0 saturated heterocycles. The predicted octanol–water partition coefficient (Wildman–Crippen LogP) is 2.52. The number of hydrogen-bond acceptors (Lipinski definition) is 6. The van der Waals surface area contributed by atoms with Crippen molar-refractivity contribution in [3.63, 3.8) is 0 Å². The third kappa shape index (κ3) is 2.38. The highest BCUT2D eigenvalue weighted by Gasteiger charge is 2.13. The highest BCUT2D eigenvalue weighted by molar-refractivity contribution is 9.10. The standard InChI is InChI=1S/C15H7BrN4O3S/c16-9-6-11-13(17-7-9)19-14(21)12(24-15(19)18-11)5-8-2-1-3-10(4-8)20(22)23/h1-7H. The molecular formula is C15H7BrN4O3S. The maximum atomic E-state index is 12.6. The Morgan fingerprint density at radius 3 is 2.96 bits per heavy atom. The van der Waals surface area contributed by atoms with Crippen LogP contribution in [0.25, 0.3) is 22.2 Å². The van der Waals surface area contributed by atoms with Gasteiger partial charge in [-0.15, -0.1) is 0 Å². The number of nitro benzene ring substituents is 1. The number of nitro groups is 1. The van der Waals surface area contributed by atoms with Crippen LogP contribution < -0.4 is 10.1 Å². The summed E-state index contributed by atoms with van der Waals surface area (Å²) in [6, 6.07) is 7.93. The smallest absolute Gasteiger partial charge is 0.267 e. The Bertz CT molecular complexity index is 1230. The number of imidazole rings is 1. The fourth-order valence-electron chi connectivity index (χ4n) is 2.39. The number of aromatic nitrogens is 3. The molecule has 3 aromatic heterocycles. The molecule has 0 aliphatic carbocycles. The largest absolute Gasteiger partial charge is 0.276 e. The van der Waals surface area contributed by atoms with Crippen molar-refractivity contribution >= 4 is 55.2 Å². The Morgan fingerprint density at radius 2 is 2.17 bits per heavy atom. The van der Waals surface area contributed by atoms with Gasteiger partial charge in [0, 0.05) is 22.8 Å². The Balaban J connectivity index is 1.95. The SMILES string of the molecule is O=c1c(=Cc2cccc([N+](=O)[O-])c2)sc2nc3cc(Br)cnc3n12. The molecule has 9 heteroatoms. The molecule has 0 N–H and O–H groups in total. The molecule has 0 amide bonds. The van der Waals surface area contributed by atoms with Crippen molar-refractivity contribution in [1.82, 2.24) is 14.4 Å². The van der Waals surface area contributed by atoms with Crippen LogP contribution in [0.1, 0.15) is 5.56 Å². The van der Waals surface area contributed by atoms with Gasteiger partial charge in [0.25, 0.3) is 11.2 Å². The van der Waals surface area contributed by atoms with Crippen LogP contribution in [-0.4, -0.2) is 19.3 Å². The Hall–Kier alpha value is -2.65. The summed E-state index contributed by atoms with van der Waals surface area (Å²) in [7, 11) is 0. The average molecular weight is 403 g/mol. The van der Waals surface area contributed by atoms with Crippen LogP contribution in [0.3, 0.4) is 0 Å². The second-order valence-corrected chi connectivity index (χ2v) is 6.92. The van der Waals surface area contributed by atoms with E-state index in [9.17, 15) is 14.9 Å². The van der Waals surface area contributed by atoms with E-state index in [2.05, 4.69) is 25.9 Å². The zero-order chi connectivity index (χ0) is 16.8. The van der Waals surface area contributed by atoms with Crippen molar-refractivity contribution in [3.8, 4) is 0 Å². The van der Waals surface area contributed by atoms with Gasteiger partial charge in [0.05, 0.1) is 9.46 Å². The van der Waals surface area contributed by atoms with E-state index in [0.717, 1.165) is 4.47 Å². The molecule has 1 aromatic carbocycles. The van der Waals surface area contributed by atoms with Gasteiger partial charge in [-0.05, 0) is 33.6 Å². The molecule has 0 saturated carbocycles. The van der Waals surface area contributed by atoms with Gasteiger partial charge in [0.2, 0.25) is 0 Å². The number of nitrogens with zero attached hydrogens (tertiary/aromatic N) is 4. The van der Waals surface area contributed by atoms with Crippen LogP contribution in [-0.2, 0) is 0 Å². The minimum Gasteiger partial charge on any atom is -0.267 e. The molecule has 4 rings (SSSR count). The van der Waals surface area contributed by atoms with E-state index < -0.39 is 4.92 Å². The zero-order valence-corrected chi connectivity index (χ0v) is 14.2. The van der Waals surface area contributed by atoms with Crippen LogP contribution in [0.4, 0.5) is 5.69 Å². The summed E-state index contributed by atoms with van der Waals surface area (Å²) in [5, 5.41) is 10.9. The molecule has 0 fully saturated rings. The molecule has 118 valence electrons. The maximum Gasteiger partial charge on any atom is 0.276 e. The van der Waals surface area contributed by atoms with Gasteiger partial charge in [-0.2, -0.15) is 0 Å². The number of fused-ring (bicyclic) bond motifs is 3. The quantitative estimate of drug-likeness (QED) is 0.379. The second kappa shape index (κ2) is 5.46. The highest BCUT2D eigenvalue weighted by Crippen LogP contribution is 2.18. The molecule has 0 aliphatic rings. The lowest BCUT2D eigenvalue weighted by molar-refractivity contribution is -0.384. The minimum absolute atomic E-state index is 0.0190. The summed E-state index contributed by atoms with van der Waals surface area (Å²) in [5.41, 5.74) is 1.46. The van der Waals surface area contributed by atoms with E-state index in [1.165, 1.54) is 27.9 Å². The molecule has 3 heterocycles. The first-order valence-electron chi connectivity index (χ1n) is 6.75. The normalized spacial score (nSPS) is 12.3. The molecule has 0 radical (unpaired) electrons. The number of hydrogen-bond donors (Lipinski definition) is 0. The number of rotatable bonds is 2. The number of pyridine rings is 1. The van der Waals surface area contributed by atoms with Crippen molar-refractivity contribution in [2.75, 3.05) is 0 Å². The van der Waals surface area contributed by atoms with Crippen molar-refractivity contribution < 1.29 is 4.92 Å². The van der Waals surface area contributed by atoms with Gasteiger partial charge in [-0.3, -0.25) is 14.9 Å². The summed E-state index contributed by atoms with van der Waals surface area (Å²) < 4.78 is 2.69. The Morgan fingerprint density at radius 1 is 1.33 bits per heavy atom. The van der Waals surface area contributed by atoms with E-state index in [1.54, 1.807) is 30.5 Å². The van der Waals surface area contributed by atoms with Gasteiger partial charge in [-0.25, -0.2) is 14.4 Å². The topological polar surface area (TPSA) is 90.4 Å². The number of non-ortho nitro benzene ring substituents is 1. The van der Waals surface area contributed by atoms with Crippen LogP contribution in [0.15, 0.2) is 45.8 Å². The summed E-state index contributed by atoms with van der Waals surface area (Å²) in [6.45, 7) is 0. The van der Waals surface area contributed by atoms with E-state index >= 15 is 0 Å². The van der Waals surface area contributed by atoms with Crippen LogP contribution >= 0.6 is 27.3 Å². The number of benzene rings is 1. The first-order chi connectivity index (χ1) is 11.5. The van der Waals surface area contributed by atoms with Crippen LogP contribution in [0.5, 0.6) is 0 Å². The zero-order valence-electron chi connectivity index (χ0n) is 11.8. The second-order valence-electron chi connectivity index (χ2n) is 4.99. The first-order valence-corrected chi connectivity index (χ1v) is 8.36. The van der Waals surface area contributed by atoms with E-state index in [0.29, 0.717) is 26.2 Å². The Kier molecular flexibility index (Phi) is 3.39. The Labute approximate surface area is 146 Å². The first kappa shape index (κ1) is 14.9. The summed E-state index contributed by atoms with van der Waals surface area (Å²) in [4.78, 5) is 32.2. The molecule has 0 bridgehead atoms. The van der Waals surface area contributed by atoms with E-state index in [-0.39, 0.29) is 11.2 Å². The fraction of sp³-hybridized carbons (Fsp3) is 0. The molecule has 4 aromatic rings. The summed E-state index contributed by atoms with van der Waals surface area (Å²) >= 11 is 4.55. The molecule has 7 nitrogen and oxygen atoms in total. The minimum atomic E-state index is -0.466. The monoisotopic (exact) mass is 402 g/mol. The summed E-state index contributed by atoms with van der Waals surface area (Å²) in [5.74, 6) is 0. The molecule has 0 atom stereocenters. The molecule has 0 aliphatic heterocycles. The lowest BCUT2D eigenvalue weighted by Gasteiger charge is -1.93. The third-order valence-electron chi connectivity index (χ3n) is 3.43. The fourth-order valence-corrected chi connectivity index (χ4v) is 3.69. The number of halogens is 1. The van der Waals surface area contributed by atoms with Crippen LogP contribution in [0.2, 0.25) is 0 Å².